The van der Waals surface area contributed by atoms with E-state index >= 15 is 0 Å². The van der Waals surface area contributed by atoms with Gasteiger partial charge in [-0.3, -0.25) is 0 Å². The van der Waals surface area contributed by atoms with Crippen molar-refractivity contribution in [3.63, 3.8) is 0 Å². The second-order valence-electron chi connectivity index (χ2n) is 4.13. The first-order valence-electron chi connectivity index (χ1n) is 5.37. The van der Waals surface area contributed by atoms with Crippen LogP contribution in [0.15, 0.2) is 28.7 Å². The predicted molar refractivity (Wildman–Crippen MR) is 71.2 cm³/mol. The lowest BCUT2D eigenvalue weighted by Gasteiger charge is -1.90. The summed E-state index contributed by atoms with van der Waals surface area (Å²) in [6.07, 6.45) is 0. The van der Waals surface area contributed by atoms with Crippen LogP contribution in [-0.4, -0.2) is 4.98 Å². The molecule has 0 saturated carbocycles. The number of oxazole rings is 1. The minimum atomic E-state index is 0.604. The van der Waals surface area contributed by atoms with E-state index in [1.54, 1.807) is 11.3 Å². The highest BCUT2D eigenvalue weighted by molar-refractivity contribution is 7.16. The second kappa shape index (κ2) is 3.60. The molecule has 86 valence electrons. The first-order valence-corrected chi connectivity index (χ1v) is 6.18. The summed E-state index contributed by atoms with van der Waals surface area (Å²) < 4.78 is 5.74. The molecule has 0 radical (unpaired) electrons. The Bertz CT molecular complexity index is 697. The van der Waals surface area contributed by atoms with Crippen molar-refractivity contribution in [2.24, 2.45) is 0 Å². The van der Waals surface area contributed by atoms with Crippen molar-refractivity contribution in [1.29, 1.82) is 0 Å². The highest BCUT2D eigenvalue weighted by Gasteiger charge is 2.13. The molecule has 0 saturated heterocycles. The van der Waals surface area contributed by atoms with Crippen molar-refractivity contribution in [3.8, 4) is 11.5 Å². The highest BCUT2D eigenvalue weighted by atomic mass is 32.1. The normalized spacial score (nSPS) is 11.2. The zero-order valence-corrected chi connectivity index (χ0v) is 10.5. The molecular formula is C13H12N2OS. The Labute approximate surface area is 103 Å². The van der Waals surface area contributed by atoms with Crippen LogP contribution in [-0.2, 0) is 0 Å². The molecule has 4 heteroatoms. The Kier molecular flexibility index (Phi) is 2.19. The number of nitrogen functional groups attached to an aromatic ring is 1. The van der Waals surface area contributed by atoms with Crippen LogP contribution < -0.4 is 5.73 Å². The fraction of sp³-hybridized carbons (Fsp3) is 0.154. The van der Waals surface area contributed by atoms with Crippen LogP contribution in [0.2, 0.25) is 0 Å². The van der Waals surface area contributed by atoms with E-state index in [0.29, 0.717) is 5.89 Å². The third kappa shape index (κ3) is 1.70. The minimum Gasteiger partial charge on any atom is -0.436 e. The van der Waals surface area contributed by atoms with Gasteiger partial charge in [0.15, 0.2) is 5.58 Å². The number of benzene rings is 1. The van der Waals surface area contributed by atoms with Crippen LogP contribution >= 0.6 is 11.3 Å². The van der Waals surface area contributed by atoms with Gasteiger partial charge in [-0.2, -0.15) is 0 Å². The fourth-order valence-electron chi connectivity index (χ4n) is 1.85. The summed E-state index contributed by atoms with van der Waals surface area (Å²) in [5.74, 6) is 0.604. The molecule has 2 aromatic heterocycles. The SMILES string of the molecule is Cc1ccc2nc(-c3cc(C)sc3N)oc2c1. The van der Waals surface area contributed by atoms with E-state index in [4.69, 9.17) is 10.2 Å². The summed E-state index contributed by atoms with van der Waals surface area (Å²) in [7, 11) is 0. The zero-order chi connectivity index (χ0) is 12.0. The molecule has 0 fully saturated rings. The molecule has 3 aromatic rings. The topological polar surface area (TPSA) is 52.0 Å². The third-order valence-corrected chi connectivity index (χ3v) is 3.54. The molecule has 17 heavy (non-hydrogen) atoms. The average molecular weight is 244 g/mol. The number of aryl methyl sites for hydroxylation is 2. The summed E-state index contributed by atoms with van der Waals surface area (Å²) in [5.41, 5.74) is 9.67. The maximum atomic E-state index is 5.94. The largest absolute Gasteiger partial charge is 0.436 e. The highest BCUT2D eigenvalue weighted by Crippen LogP contribution is 2.34. The molecule has 0 spiro atoms. The average Bonchev–Trinajstić information content (AvgIpc) is 2.80. The van der Waals surface area contributed by atoms with Crippen molar-refractivity contribution in [3.05, 3.63) is 34.7 Å². The van der Waals surface area contributed by atoms with Crippen LogP contribution in [0.5, 0.6) is 0 Å². The van der Waals surface area contributed by atoms with Gasteiger partial charge in [0.2, 0.25) is 5.89 Å². The molecule has 2 heterocycles. The van der Waals surface area contributed by atoms with Crippen LogP contribution in [0.1, 0.15) is 10.4 Å². The number of hydrogen-bond acceptors (Lipinski definition) is 4. The molecule has 0 amide bonds. The lowest BCUT2D eigenvalue weighted by molar-refractivity contribution is 0.620. The quantitative estimate of drug-likeness (QED) is 0.709. The first-order chi connectivity index (χ1) is 8.13. The van der Waals surface area contributed by atoms with Gasteiger partial charge in [0.05, 0.1) is 10.6 Å². The van der Waals surface area contributed by atoms with Crippen LogP contribution in [0.4, 0.5) is 5.00 Å². The van der Waals surface area contributed by atoms with Gasteiger partial charge in [-0.25, -0.2) is 4.98 Å². The Hall–Kier alpha value is -1.81. The minimum absolute atomic E-state index is 0.604. The monoisotopic (exact) mass is 244 g/mol. The number of nitrogens with two attached hydrogens (primary N) is 1. The number of anilines is 1. The molecule has 1 aromatic carbocycles. The summed E-state index contributed by atoms with van der Waals surface area (Å²) in [4.78, 5) is 5.62. The van der Waals surface area contributed by atoms with Gasteiger partial charge < -0.3 is 10.2 Å². The maximum absolute atomic E-state index is 5.94. The van der Waals surface area contributed by atoms with E-state index in [0.717, 1.165) is 32.1 Å². The molecule has 0 unspecified atom stereocenters. The summed E-state index contributed by atoms with van der Waals surface area (Å²) in [5, 5.41) is 0.755. The Balaban J connectivity index is 2.21. The van der Waals surface area contributed by atoms with E-state index in [-0.39, 0.29) is 0 Å². The fourth-order valence-corrected chi connectivity index (χ4v) is 2.63. The van der Waals surface area contributed by atoms with Crippen LogP contribution in [0, 0.1) is 13.8 Å². The van der Waals surface area contributed by atoms with Crippen LogP contribution in [0.3, 0.4) is 0 Å². The molecule has 0 aliphatic carbocycles. The molecule has 3 nitrogen and oxygen atoms in total. The number of fused-ring (bicyclic) bond motifs is 1. The maximum Gasteiger partial charge on any atom is 0.230 e. The van der Waals surface area contributed by atoms with Gasteiger partial charge >= 0.3 is 0 Å². The summed E-state index contributed by atoms with van der Waals surface area (Å²) in [6.45, 7) is 4.06. The Morgan fingerprint density at radius 1 is 1.24 bits per heavy atom. The van der Waals surface area contributed by atoms with Gasteiger partial charge in [0.1, 0.15) is 5.52 Å². The number of rotatable bonds is 1. The standard InChI is InChI=1S/C13H12N2OS/c1-7-3-4-10-11(5-7)16-13(15-10)9-6-8(2)17-12(9)14/h3-6H,14H2,1-2H3. The lowest BCUT2D eigenvalue weighted by atomic mass is 10.2. The van der Waals surface area contributed by atoms with Gasteiger partial charge in [0, 0.05) is 4.88 Å². The Morgan fingerprint density at radius 2 is 2.06 bits per heavy atom. The molecule has 3 rings (SSSR count). The number of thiophene rings is 1. The van der Waals surface area contributed by atoms with E-state index in [2.05, 4.69) is 4.98 Å². The predicted octanol–water partition coefficient (Wildman–Crippen LogP) is 3.76. The third-order valence-electron chi connectivity index (χ3n) is 2.66. The van der Waals surface area contributed by atoms with Gasteiger partial charge in [-0.1, -0.05) is 6.07 Å². The summed E-state index contributed by atoms with van der Waals surface area (Å²) in [6, 6.07) is 7.99. The molecule has 0 aliphatic rings. The summed E-state index contributed by atoms with van der Waals surface area (Å²) >= 11 is 1.55. The van der Waals surface area contributed by atoms with Crippen molar-refractivity contribution < 1.29 is 4.42 Å². The van der Waals surface area contributed by atoms with E-state index in [9.17, 15) is 0 Å². The lowest BCUT2D eigenvalue weighted by Crippen LogP contribution is -1.82. The molecule has 2 N–H and O–H groups in total. The van der Waals surface area contributed by atoms with E-state index in [1.165, 1.54) is 0 Å². The van der Waals surface area contributed by atoms with E-state index < -0.39 is 0 Å². The van der Waals surface area contributed by atoms with Gasteiger partial charge in [-0.05, 0) is 37.6 Å². The van der Waals surface area contributed by atoms with Crippen molar-refractivity contribution in [1.82, 2.24) is 4.98 Å². The molecule has 0 aliphatic heterocycles. The molecule has 0 atom stereocenters. The zero-order valence-electron chi connectivity index (χ0n) is 9.65. The molecular weight excluding hydrogens is 232 g/mol. The Morgan fingerprint density at radius 3 is 2.76 bits per heavy atom. The second-order valence-corrected chi connectivity index (χ2v) is 5.41. The smallest absolute Gasteiger partial charge is 0.230 e. The van der Waals surface area contributed by atoms with E-state index in [1.807, 2.05) is 38.1 Å². The number of hydrogen-bond donors (Lipinski definition) is 1. The first kappa shape index (κ1) is 10.4. The molecule has 0 bridgehead atoms. The van der Waals surface area contributed by atoms with Crippen molar-refractivity contribution in [2.45, 2.75) is 13.8 Å². The van der Waals surface area contributed by atoms with Gasteiger partial charge in [-0.15, -0.1) is 11.3 Å². The number of nitrogens with zero attached hydrogens (tertiary/aromatic N) is 1. The van der Waals surface area contributed by atoms with Gasteiger partial charge in [0.25, 0.3) is 0 Å². The van der Waals surface area contributed by atoms with Crippen molar-refractivity contribution >= 4 is 27.4 Å². The number of aromatic nitrogens is 1. The van der Waals surface area contributed by atoms with Crippen LogP contribution in [0.25, 0.3) is 22.6 Å². The van der Waals surface area contributed by atoms with Crippen molar-refractivity contribution in [2.75, 3.05) is 5.73 Å².